The van der Waals surface area contributed by atoms with Crippen LogP contribution in [-0.4, -0.2) is 29.5 Å². The van der Waals surface area contributed by atoms with Crippen molar-refractivity contribution < 1.29 is 0 Å². The average Bonchev–Trinajstić information content (AvgIpc) is 2.50. The summed E-state index contributed by atoms with van der Waals surface area (Å²) in [5.41, 5.74) is 9.13. The van der Waals surface area contributed by atoms with Gasteiger partial charge in [-0.25, -0.2) is 4.98 Å². The monoisotopic (exact) mass is 241 g/mol. The number of likely N-dealkylation sites (N-methyl/N-ethyl adjacent to an activating group) is 1. The number of thiazole rings is 1. The number of hydrogen-bond acceptors (Lipinski definition) is 4. The van der Waals surface area contributed by atoms with E-state index >= 15 is 0 Å². The predicted molar refractivity (Wildman–Crippen MR) is 70.6 cm³/mol. The summed E-state index contributed by atoms with van der Waals surface area (Å²) in [6, 6.07) is 0.397. The zero-order valence-corrected chi connectivity index (χ0v) is 11.8. The maximum Gasteiger partial charge on any atom is 0.0798 e. The van der Waals surface area contributed by atoms with E-state index in [1.165, 1.54) is 4.88 Å². The quantitative estimate of drug-likeness (QED) is 0.879. The molecule has 0 amide bonds. The van der Waals surface area contributed by atoms with Crippen LogP contribution in [0.4, 0.5) is 0 Å². The number of rotatable bonds is 4. The molecular weight excluding hydrogens is 218 g/mol. The Bertz CT molecular complexity index is 327. The van der Waals surface area contributed by atoms with E-state index in [2.05, 4.69) is 44.6 Å². The van der Waals surface area contributed by atoms with Crippen molar-refractivity contribution >= 4 is 11.3 Å². The molecule has 3 nitrogen and oxygen atoms in total. The van der Waals surface area contributed by atoms with Gasteiger partial charge in [0.25, 0.3) is 0 Å². The van der Waals surface area contributed by atoms with Crippen molar-refractivity contribution in [3.8, 4) is 0 Å². The topological polar surface area (TPSA) is 42.2 Å². The molecule has 16 heavy (non-hydrogen) atoms. The van der Waals surface area contributed by atoms with E-state index in [1.807, 2.05) is 5.51 Å². The summed E-state index contributed by atoms with van der Waals surface area (Å²) < 4.78 is 0. The van der Waals surface area contributed by atoms with Crippen LogP contribution >= 0.6 is 11.3 Å². The minimum atomic E-state index is 0.210. The van der Waals surface area contributed by atoms with Gasteiger partial charge in [-0.05, 0) is 19.4 Å². The molecule has 0 saturated heterocycles. The van der Waals surface area contributed by atoms with Gasteiger partial charge in [0.1, 0.15) is 0 Å². The van der Waals surface area contributed by atoms with Gasteiger partial charge in [-0.15, -0.1) is 11.3 Å². The number of hydrogen-bond donors (Lipinski definition) is 1. The van der Waals surface area contributed by atoms with Gasteiger partial charge >= 0.3 is 0 Å². The first-order valence-electron chi connectivity index (χ1n) is 5.65. The Kier molecular flexibility index (Phi) is 4.47. The summed E-state index contributed by atoms with van der Waals surface area (Å²) in [5.74, 6) is 0. The van der Waals surface area contributed by atoms with Gasteiger partial charge in [0.05, 0.1) is 11.2 Å². The molecule has 1 atom stereocenters. The van der Waals surface area contributed by atoms with E-state index in [0.29, 0.717) is 12.6 Å². The summed E-state index contributed by atoms with van der Waals surface area (Å²) in [7, 11) is 2.14. The van der Waals surface area contributed by atoms with Gasteiger partial charge < -0.3 is 5.73 Å². The second kappa shape index (κ2) is 5.25. The molecule has 2 N–H and O–H groups in total. The molecule has 0 bridgehead atoms. The lowest BCUT2D eigenvalue weighted by Gasteiger charge is -2.37. The van der Waals surface area contributed by atoms with E-state index in [0.717, 1.165) is 12.2 Å². The summed E-state index contributed by atoms with van der Waals surface area (Å²) in [5, 5.41) is 0. The third-order valence-corrected chi connectivity index (χ3v) is 3.91. The molecule has 1 unspecified atom stereocenters. The standard InChI is InChI=1S/C12H23N3S/c1-9-10(16-8-14-9)7-15(5)11(6-13)12(2,3)4/h8,11H,6-7,13H2,1-5H3. The summed E-state index contributed by atoms with van der Waals surface area (Å²) in [6.07, 6.45) is 0. The van der Waals surface area contributed by atoms with Crippen LogP contribution in [0.15, 0.2) is 5.51 Å². The van der Waals surface area contributed by atoms with E-state index in [9.17, 15) is 0 Å². The Morgan fingerprint density at radius 2 is 2.12 bits per heavy atom. The highest BCUT2D eigenvalue weighted by Crippen LogP contribution is 2.25. The summed E-state index contributed by atoms with van der Waals surface area (Å²) >= 11 is 1.72. The first-order chi connectivity index (χ1) is 7.36. The molecule has 1 rings (SSSR count). The van der Waals surface area contributed by atoms with Gasteiger partial charge in [-0.2, -0.15) is 0 Å². The Hall–Kier alpha value is -0.450. The molecule has 0 saturated carbocycles. The molecule has 1 aromatic rings. The van der Waals surface area contributed by atoms with Crippen molar-refractivity contribution in [1.29, 1.82) is 0 Å². The van der Waals surface area contributed by atoms with Crippen LogP contribution in [0, 0.1) is 12.3 Å². The van der Waals surface area contributed by atoms with Gasteiger partial charge in [0.15, 0.2) is 0 Å². The zero-order chi connectivity index (χ0) is 12.3. The van der Waals surface area contributed by atoms with Crippen LogP contribution in [-0.2, 0) is 6.54 Å². The normalized spacial score (nSPS) is 14.4. The summed E-state index contributed by atoms with van der Waals surface area (Å²) in [4.78, 5) is 7.95. The van der Waals surface area contributed by atoms with Crippen LogP contribution in [0.25, 0.3) is 0 Å². The molecule has 1 aromatic heterocycles. The minimum Gasteiger partial charge on any atom is -0.329 e. The zero-order valence-electron chi connectivity index (χ0n) is 10.9. The lowest BCUT2D eigenvalue weighted by molar-refractivity contribution is 0.126. The van der Waals surface area contributed by atoms with Crippen molar-refractivity contribution in [2.75, 3.05) is 13.6 Å². The third kappa shape index (κ3) is 3.27. The number of aromatic nitrogens is 1. The van der Waals surface area contributed by atoms with E-state index in [-0.39, 0.29) is 5.41 Å². The lowest BCUT2D eigenvalue weighted by Crippen LogP contribution is -2.46. The molecule has 0 aliphatic carbocycles. The smallest absolute Gasteiger partial charge is 0.0798 e. The van der Waals surface area contributed by atoms with Crippen molar-refractivity contribution in [1.82, 2.24) is 9.88 Å². The first-order valence-corrected chi connectivity index (χ1v) is 6.53. The highest BCUT2D eigenvalue weighted by Gasteiger charge is 2.27. The maximum absolute atomic E-state index is 5.87. The van der Waals surface area contributed by atoms with Crippen LogP contribution in [0.1, 0.15) is 31.3 Å². The van der Waals surface area contributed by atoms with Crippen molar-refractivity contribution in [3.05, 3.63) is 16.1 Å². The first kappa shape index (κ1) is 13.6. The van der Waals surface area contributed by atoms with Crippen LogP contribution in [0.3, 0.4) is 0 Å². The van der Waals surface area contributed by atoms with Gasteiger partial charge in [-0.3, -0.25) is 4.90 Å². The molecule has 1 heterocycles. The number of nitrogens with two attached hydrogens (primary N) is 1. The van der Waals surface area contributed by atoms with E-state index in [1.54, 1.807) is 11.3 Å². The fourth-order valence-corrected chi connectivity index (χ4v) is 2.85. The highest BCUT2D eigenvalue weighted by atomic mass is 32.1. The fraction of sp³-hybridized carbons (Fsp3) is 0.750. The molecule has 0 spiro atoms. The molecule has 4 heteroatoms. The van der Waals surface area contributed by atoms with Gasteiger partial charge in [0, 0.05) is 24.0 Å². The van der Waals surface area contributed by atoms with Gasteiger partial charge in [-0.1, -0.05) is 20.8 Å². The molecule has 92 valence electrons. The largest absolute Gasteiger partial charge is 0.329 e. The Labute approximate surface area is 103 Å². The van der Waals surface area contributed by atoms with Crippen molar-refractivity contribution in [3.63, 3.8) is 0 Å². The summed E-state index contributed by atoms with van der Waals surface area (Å²) in [6.45, 7) is 10.4. The highest BCUT2D eigenvalue weighted by molar-refractivity contribution is 7.09. The molecular formula is C12H23N3S. The Morgan fingerprint density at radius 3 is 2.50 bits per heavy atom. The van der Waals surface area contributed by atoms with E-state index in [4.69, 9.17) is 5.73 Å². The Morgan fingerprint density at radius 1 is 1.50 bits per heavy atom. The van der Waals surface area contributed by atoms with Crippen LogP contribution < -0.4 is 5.73 Å². The predicted octanol–water partition coefficient (Wildman–Crippen LogP) is 2.26. The van der Waals surface area contributed by atoms with Crippen molar-refractivity contribution in [2.24, 2.45) is 11.1 Å². The Balaban J connectivity index is 2.71. The van der Waals surface area contributed by atoms with E-state index < -0.39 is 0 Å². The average molecular weight is 241 g/mol. The third-order valence-electron chi connectivity index (χ3n) is 2.99. The second-order valence-electron chi connectivity index (χ2n) is 5.39. The number of aryl methyl sites for hydroxylation is 1. The van der Waals surface area contributed by atoms with Crippen LogP contribution in [0.2, 0.25) is 0 Å². The SMILES string of the molecule is Cc1ncsc1CN(C)C(CN)C(C)(C)C. The maximum atomic E-state index is 5.87. The molecule has 0 aromatic carbocycles. The van der Waals surface area contributed by atoms with Crippen LogP contribution in [0.5, 0.6) is 0 Å². The van der Waals surface area contributed by atoms with Gasteiger partial charge in [0.2, 0.25) is 0 Å². The molecule has 0 aliphatic heterocycles. The molecule has 0 aliphatic rings. The fourth-order valence-electron chi connectivity index (χ4n) is 2.01. The molecule has 0 fully saturated rings. The second-order valence-corrected chi connectivity index (χ2v) is 6.33. The van der Waals surface area contributed by atoms with Crippen molar-refractivity contribution in [2.45, 2.75) is 40.3 Å². The lowest BCUT2D eigenvalue weighted by atomic mass is 9.86. The minimum absolute atomic E-state index is 0.210. The molecule has 0 radical (unpaired) electrons. The number of nitrogens with zero attached hydrogens (tertiary/aromatic N) is 2.